The van der Waals surface area contributed by atoms with Crippen molar-refractivity contribution in [1.29, 1.82) is 0 Å². The van der Waals surface area contributed by atoms with Gasteiger partial charge in [0.25, 0.3) is 15.9 Å². The third-order valence-corrected chi connectivity index (χ3v) is 6.97. The summed E-state index contributed by atoms with van der Waals surface area (Å²) in [4.78, 5) is 15.6. The summed E-state index contributed by atoms with van der Waals surface area (Å²) in [6, 6.07) is 10.4. The second-order valence-electron chi connectivity index (χ2n) is 6.73. The highest BCUT2D eigenvalue weighted by atomic mass is 32.2. The zero-order chi connectivity index (χ0) is 19.6. The Labute approximate surface area is 165 Å². The lowest BCUT2D eigenvalue weighted by atomic mass is 10.1. The highest BCUT2D eigenvalue weighted by Crippen LogP contribution is 2.28. The fourth-order valence-corrected chi connectivity index (χ4v) is 5.08. The molecule has 0 saturated carbocycles. The van der Waals surface area contributed by atoms with Crippen LogP contribution in [0.15, 0.2) is 46.2 Å². The molecule has 0 aliphatic carbocycles. The molecule has 2 aromatic rings. The summed E-state index contributed by atoms with van der Waals surface area (Å²) in [5.41, 5.74) is 2.74. The molecule has 1 saturated heterocycles. The average molecular weight is 405 g/mol. The van der Waals surface area contributed by atoms with Crippen LogP contribution in [-0.4, -0.2) is 38.6 Å². The van der Waals surface area contributed by atoms with Gasteiger partial charge in [-0.15, -0.1) is 11.8 Å². The lowest BCUT2D eigenvalue weighted by molar-refractivity contribution is 0.0789. The molecular formula is C20H24N2O3S2. The van der Waals surface area contributed by atoms with Crippen molar-refractivity contribution in [3.05, 3.63) is 53.1 Å². The molecule has 0 atom stereocenters. The van der Waals surface area contributed by atoms with E-state index in [2.05, 4.69) is 4.72 Å². The number of benzene rings is 2. The molecule has 144 valence electrons. The predicted octanol–water partition coefficient (Wildman–Crippen LogP) is 4.06. The predicted molar refractivity (Wildman–Crippen MR) is 110 cm³/mol. The summed E-state index contributed by atoms with van der Waals surface area (Å²) in [6.07, 6.45) is 3.87. The number of anilines is 1. The smallest absolute Gasteiger partial charge is 0.261 e. The van der Waals surface area contributed by atoms with Gasteiger partial charge >= 0.3 is 0 Å². The van der Waals surface area contributed by atoms with Crippen molar-refractivity contribution in [2.45, 2.75) is 36.5 Å². The molecule has 7 heteroatoms. The van der Waals surface area contributed by atoms with Crippen molar-refractivity contribution in [2.75, 3.05) is 24.1 Å². The molecule has 0 spiro atoms. The van der Waals surface area contributed by atoms with Gasteiger partial charge in [-0.25, -0.2) is 8.42 Å². The van der Waals surface area contributed by atoms with E-state index in [4.69, 9.17) is 0 Å². The number of amides is 1. The first-order valence-electron chi connectivity index (χ1n) is 8.90. The zero-order valence-electron chi connectivity index (χ0n) is 15.8. The largest absolute Gasteiger partial charge is 0.339 e. The molecule has 0 aromatic heterocycles. The van der Waals surface area contributed by atoms with Gasteiger partial charge in [0, 0.05) is 18.0 Å². The normalized spacial score (nSPS) is 14.4. The van der Waals surface area contributed by atoms with Gasteiger partial charge in [-0.2, -0.15) is 0 Å². The summed E-state index contributed by atoms with van der Waals surface area (Å²) < 4.78 is 28.6. The molecule has 5 nitrogen and oxygen atoms in total. The molecule has 1 heterocycles. The Morgan fingerprint density at radius 2 is 1.70 bits per heavy atom. The Morgan fingerprint density at radius 1 is 1.07 bits per heavy atom. The first-order valence-corrected chi connectivity index (χ1v) is 11.6. The van der Waals surface area contributed by atoms with Crippen LogP contribution in [0, 0.1) is 13.8 Å². The van der Waals surface area contributed by atoms with Crippen LogP contribution in [0.5, 0.6) is 0 Å². The van der Waals surface area contributed by atoms with Crippen molar-refractivity contribution in [3.63, 3.8) is 0 Å². The summed E-state index contributed by atoms with van der Waals surface area (Å²) in [7, 11) is -3.79. The minimum atomic E-state index is -3.79. The second-order valence-corrected chi connectivity index (χ2v) is 9.26. The SMILES string of the molecule is CSc1ccc(S(=O)(=O)Nc2c(C)cccc2C)cc1C(=O)N1CCCC1. The van der Waals surface area contributed by atoms with Gasteiger partial charge in [0.05, 0.1) is 16.1 Å². The van der Waals surface area contributed by atoms with Crippen LogP contribution >= 0.6 is 11.8 Å². The summed E-state index contributed by atoms with van der Waals surface area (Å²) in [5, 5.41) is 0. The Bertz CT molecular complexity index is 945. The van der Waals surface area contributed by atoms with E-state index in [-0.39, 0.29) is 10.8 Å². The summed E-state index contributed by atoms with van der Waals surface area (Å²) >= 11 is 1.45. The number of rotatable bonds is 5. The average Bonchev–Trinajstić information content (AvgIpc) is 3.18. The first kappa shape index (κ1) is 19.8. The van der Waals surface area contributed by atoms with E-state index >= 15 is 0 Å². The topological polar surface area (TPSA) is 66.5 Å². The standard InChI is InChI=1S/C20H24N2O3S2/c1-14-7-6-8-15(2)19(14)21-27(24,25)16-9-10-18(26-3)17(13-16)20(23)22-11-4-5-12-22/h6-10,13,21H,4-5,11-12H2,1-3H3. The van der Waals surface area contributed by atoms with E-state index in [9.17, 15) is 13.2 Å². The summed E-state index contributed by atoms with van der Waals surface area (Å²) in [6.45, 7) is 5.18. The number of nitrogens with zero attached hydrogens (tertiary/aromatic N) is 1. The van der Waals surface area contributed by atoms with E-state index in [1.807, 2.05) is 38.3 Å². The van der Waals surface area contributed by atoms with Gasteiger partial charge in [-0.3, -0.25) is 9.52 Å². The zero-order valence-corrected chi connectivity index (χ0v) is 17.4. The number of aryl methyl sites for hydroxylation is 2. The van der Waals surface area contributed by atoms with Crippen LogP contribution < -0.4 is 4.72 Å². The van der Waals surface area contributed by atoms with Crippen molar-refractivity contribution < 1.29 is 13.2 Å². The van der Waals surface area contributed by atoms with Gasteiger partial charge in [0.1, 0.15) is 0 Å². The van der Waals surface area contributed by atoms with E-state index in [1.165, 1.54) is 17.8 Å². The molecule has 2 aromatic carbocycles. The van der Waals surface area contributed by atoms with E-state index in [0.29, 0.717) is 11.3 Å². The van der Waals surface area contributed by atoms with Crippen molar-refractivity contribution in [2.24, 2.45) is 0 Å². The Balaban J connectivity index is 1.98. The van der Waals surface area contributed by atoms with Gasteiger partial charge in [0.2, 0.25) is 0 Å². The Hall–Kier alpha value is -1.99. The highest BCUT2D eigenvalue weighted by molar-refractivity contribution is 7.98. The molecule has 0 radical (unpaired) electrons. The number of hydrogen-bond acceptors (Lipinski definition) is 4. The number of carbonyl (C=O) groups is 1. The Kier molecular flexibility index (Phi) is 5.81. The van der Waals surface area contributed by atoms with Crippen LogP contribution in [0.2, 0.25) is 0 Å². The van der Waals surface area contributed by atoms with Crippen LogP contribution in [0.25, 0.3) is 0 Å². The first-order chi connectivity index (χ1) is 12.8. The van der Waals surface area contributed by atoms with Crippen LogP contribution in [0.1, 0.15) is 34.3 Å². The molecule has 3 rings (SSSR count). The number of hydrogen-bond donors (Lipinski definition) is 1. The van der Waals surface area contributed by atoms with Gasteiger partial charge in [-0.05, 0) is 62.3 Å². The molecular weight excluding hydrogens is 380 g/mol. The van der Waals surface area contributed by atoms with E-state index in [0.717, 1.165) is 42.0 Å². The fraction of sp³-hybridized carbons (Fsp3) is 0.350. The Morgan fingerprint density at radius 3 is 2.30 bits per heavy atom. The molecule has 1 fully saturated rings. The third-order valence-electron chi connectivity index (χ3n) is 4.82. The minimum Gasteiger partial charge on any atom is -0.339 e. The third kappa shape index (κ3) is 4.14. The maximum atomic E-state index is 13.0. The minimum absolute atomic E-state index is 0.0963. The van der Waals surface area contributed by atoms with Crippen molar-refractivity contribution >= 4 is 33.4 Å². The van der Waals surface area contributed by atoms with Crippen LogP contribution in [0.4, 0.5) is 5.69 Å². The van der Waals surface area contributed by atoms with E-state index in [1.54, 1.807) is 17.0 Å². The lowest BCUT2D eigenvalue weighted by Gasteiger charge is -2.18. The quantitative estimate of drug-likeness (QED) is 0.763. The van der Waals surface area contributed by atoms with Crippen LogP contribution in [0.3, 0.4) is 0 Å². The van der Waals surface area contributed by atoms with Crippen molar-refractivity contribution in [1.82, 2.24) is 4.90 Å². The molecule has 1 N–H and O–H groups in total. The monoisotopic (exact) mass is 404 g/mol. The molecule has 0 unspecified atom stereocenters. The van der Waals surface area contributed by atoms with Gasteiger partial charge in [0.15, 0.2) is 0 Å². The lowest BCUT2D eigenvalue weighted by Crippen LogP contribution is -2.28. The highest BCUT2D eigenvalue weighted by Gasteiger charge is 2.25. The maximum Gasteiger partial charge on any atom is 0.261 e. The maximum absolute atomic E-state index is 13.0. The molecule has 0 bridgehead atoms. The molecule has 27 heavy (non-hydrogen) atoms. The van der Waals surface area contributed by atoms with Crippen molar-refractivity contribution in [3.8, 4) is 0 Å². The molecule has 1 aliphatic heterocycles. The molecule has 1 amide bonds. The fourth-order valence-electron chi connectivity index (χ4n) is 3.28. The molecule has 1 aliphatic rings. The number of carbonyl (C=O) groups excluding carboxylic acids is 1. The number of nitrogens with one attached hydrogen (secondary N) is 1. The number of para-hydroxylation sites is 1. The number of sulfonamides is 1. The van der Waals surface area contributed by atoms with Gasteiger partial charge in [-0.1, -0.05) is 18.2 Å². The summed E-state index contributed by atoms with van der Waals surface area (Å²) in [5.74, 6) is -0.0963. The van der Waals surface area contributed by atoms with E-state index < -0.39 is 10.0 Å². The van der Waals surface area contributed by atoms with Crippen LogP contribution in [-0.2, 0) is 10.0 Å². The second kappa shape index (κ2) is 7.94. The van der Waals surface area contributed by atoms with Gasteiger partial charge < -0.3 is 4.90 Å². The number of likely N-dealkylation sites (tertiary alicyclic amines) is 1. The number of thioether (sulfide) groups is 1.